The summed E-state index contributed by atoms with van der Waals surface area (Å²) >= 11 is 0. The van der Waals surface area contributed by atoms with Crippen molar-refractivity contribution in [3.63, 3.8) is 0 Å². The van der Waals surface area contributed by atoms with Gasteiger partial charge < -0.3 is 14.2 Å². The molecule has 0 saturated heterocycles. The van der Waals surface area contributed by atoms with Gasteiger partial charge in [-0.05, 0) is 31.1 Å². The molecule has 0 spiro atoms. The van der Waals surface area contributed by atoms with Crippen molar-refractivity contribution in [1.29, 1.82) is 0 Å². The van der Waals surface area contributed by atoms with Crippen molar-refractivity contribution in [2.24, 2.45) is 11.8 Å². The standard InChI is InChI=1S/C48H92O6/c1-6-7-8-9-21-28-33-38-46(49)52-41-45(54-48(51)40-35-30-25-20-19-23-27-32-37-44(4)5)42-53-47(50)39-34-29-24-18-16-14-12-10-11-13-15-17-22-26-31-36-43(2)3/h43-45H,6-42H2,1-5H3/t45-/m1/s1. The van der Waals surface area contributed by atoms with E-state index >= 15 is 0 Å². The Bertz CT molecular complexity index is 824. The summed E-state index contributed by atoms with van der Waals surface area (Å²) in [5.41, 5.74) is 0. The van der Waals surface area contributed by atoms with E-state index in [0.717, 1.165) is 69.6 Å². The van der Waals surface area contributed by atoms with E-state index in [1.165, 1.54) is 148 Å². The van der Waals surface area contributed by atoms with Gasteiger partial charge in [0.05, 0.1) is 0 Å². The van der Waals surface area contributed by atoms with Crippen LogP contribution in [0, 0.1) is 11.8 Å². The molecule has 0 aromatic carbocycles. The van der Waals surface area contributed by atoms with Gasteiger partial charge in [0.25, 0.3) is 0 Å². The number of unbranched alkanes of at least 4 members (excludes halogenated alkanes) is 27. The van der Waals surface area contributed by atoms with Crippen molar-refractivity contribution in [3.05, 3.63) is 0 Å². The highest BCUT2D eigenvalue weighted by Crippen LogP contribution is 2.17. The second kappa shape index (κ2) is 41.1. The molecule has 1 atom stereocenters. The van der Waals surface area contributed by atoms with Gasteiger partial charge in [0.1, 0.15) is 13.2 Å². The molecule has 6 heteroatoms. The predicted octanol–water partition coefficient (Wildman–Crippen LogP) is 15.0. The molecule has 0 amide bonds. The zero-order valence-electron chi connectivity index (χ0n) is 36.8. The molecular formula is C48H92O6. The van der Waals surface area contributed by atoms with E-state index in [1.54, 1.807) is 0 Å². The average molecular weight is 765 g/mol. The highest BCUT2D eigenvalue weighted by atomic mass is 16.6. The summed E-state index contributed by atoms with van der Waals surface area (Å²) in [5.74, 6) is 0.780. The molecule has 0 aromatic heterocycles. The van der Waals surface area contributed by atoms with E-state index in [0.29, 0.717) is 19.3 Å². The van der Waals surface area contributed by atoms with E-state index in [4.69, 9.17) is 14.2 Å². The zero-order chi connectivity index (χ0) is 39.7. The number of ether oxygens (including phenoxy) is 3. The van der Waals surface area contributed by atoms with Crippen LogP contribution >= 0.6 is 0 Å². The van der Waals surface area contributed by atoms with Crippen LogP contribution in [0.4, 0.5) is 0 Å². The van der Waals surface area contributed by atoms with Crippen molar-refractivity contribution in [1.82, 2.24) is 0 Å². The van der Waals surface area contributed by atoms with E-state index in [9.17, 15) is 14.4 Å². The highest BCUT2D eigenvalue weighted by Gasteiger charge is 2.19. The van der Waals surface area contributed by atoms with Gasteiger partial charge >= 0.3 is 17.9 Å². The lowest BCUT2D eigenvalue weighted by Gasteiger charge is -2.18. The highest BCUT2D eigenvalue weighted by molar-refractivity contribution is 5.71. The fraction of sp³-hybridized carbons (Fsp3) is 0.938. The number of hydrogen-bond acceptors (Lipinski definition) is 6. The molecule has 6 nitrogen and oxygen atoms in total. The van der Waals surface area contributed by atoms with Gasteiger partial charge in [0.15, 0.2) is 6.10 Å². The molecule has 0 radical (unpaired) electrons. The van der Waals surface area contributed by atoms with Crippen LogP contribution in [0.3, 0.4) is 0 Å². The van der Waals surface area contributed by atoms with Crippen LogP contribution in [-0.2, 0) is 28.6 Å². The van der Waals surface area contributed by atoms with Crippen LogP contribution in [0.15, 0.2) is 0 Å². The molecule has 0 heterocycles. The molecule has 54 heavy (non-hydrogen) atoms. The van der Waals surface area contributed by atoms with Crippen LogP contribution < -0.4 is 0 Å². The smallest absolute Gasteiger partial charge is 0.306 e. The van der Waals surface area contributed by atoms with Gasteiger partial charge in [0.2, 0.25) is 0 Å². The lowest BCUT2D eigenvalue weighted by Crippen LogP contribution is -2.30. The first kappa shape index (κ1) is 52.4. The Hall–Kier alpha value is -1.59. The van der Waals surface area contributed by atoms with E-state index in [1.807, 2.05) is 0 Å². The zero-order valence-corrected chi connectivity index (χ0v) is 36.8. The summed E-state index contributed by atoms with van der Waals surface area (Å²) in [6, 6.07) is 0. The SMILES string of the molecule is CCCCCCCCCC(=O)OC[C@H](COC(=O)CCCCCCCCCCCCCCCCCC(C)C)OC(=O)CCCCCCCCCCC(C)C. The maximum absolute atomic E-state index is 12.7. The lowest BCUT2D eigenvalue weighted by atomic mass is 10.0. The summed E-state index contributed by atoms with van der Waals surface area (Å²) in [4.78, 5) is 37.6. The number of esters is 3. The topological polar surface area (TPSA) is 78.9 Å². The summed E-state index contributed by atoms with van der Waals surface area (Å²) in [5, 5.41) is 0. The first-order valence-corrected chi connectivity index (χ1v) is 23.7. The average Bonchev–Trinajstić information content (AvgIpc) is 3.14. The number of carbonyl (C=O) groups excluding carboxylic acids is 3. The minimum absolute atomic E-state index is 0.0651. The van der Waals surface area contributed by atoms with Crippen LogP contribution in [0.5, 0.6) is 0 Å². The largest absolute Gasteiger partial charge is 0.462 e. The molecule has 0 aliphatic carbocycles. The van der Waals surface area contributed by atoms with Crippen molar-refractivity contribution in [2.75, 3.05) is 13.2 Å². The Kier molecular flexibility index (Phi) is 39.8. The fourth-order valence-corrected chi connectivity index (χ4v) is 7.11. The fourth-order valence-electron chi connectivity index (χ4n) is 7.11. The Morgan fingerprint density at radius 1 is 0.352 bits per heavy atom. The van der Waals surface area contributed by atoms with Crippen molar-refractivity contribution in [3.8, 4) is 0 Å². The third kappa shape index (κ3) is 41.6. The van der Waals surface area contributed by atoms with Gasteiger partial charge in [-0.25, -0.2) is 0 Å². The van der Waals surface area contributed by atoms with E-state index in [-0.39, 0.29) is 31.1 Å². The van der Waals surface area contributed by atoms with Crippen molar-refractivity contribution < 1.29 is 28.6 Å². The summed E-state index contributed by atoms with van der Waals surface area (Å²) < 4.78 is 16.7. The van der Waals surface area contributed by atoms with Crippen LogP contribution in [-0.4, -0.2) is 37.2 Å². The third-order valence-electron chi connectivity index (χ3n) is 10.7. The van der Waals surface area contributed by atoms with Gasteiger partial charge in [0, 0.05) is 19.3 Å². The predicted molar refractivity (Wildman–Crippen MR) is 229 cm³/mol. The summed E-state index contributed by atoms with van der Waals surface area (Å²) in [7, 11) is 0. The molecule has 320 valence electrons. The molecule has 0 aliphatic heterocycles. The van der Waals surface area contributed by atoms with E-state index < -0.39 is 6.10 Å². The van der Waals surface area contributed by atoms with Crippen LogP contribution in [0.2, 0.25) is 0 Å². The first-order chi connectivity index (χ1) is 26.2. The summed E-state index contributed by atoms with van der Waals surface area (Å²) in [6.45, 7) is 11.3. The molecule has 0 fully saturated rings. The minimum atomic E-state index is -0.759. The van der Waals surface area contributed by atoms with Crippen molar-refractivity contribution in [2.45, 2.75) is 265 Å². The molecule has 0 saturated carbocycles. The van der Waals surface area contributed by atoms with Gasteiger partial charge in [-0.3, -0.25) is 14.4 Å². The van der Waals surface area contributed by atoms with Gasteiger partial charge in [-0.2, -0.15) is 0 Å². The molecule has 0 aromatic rings. The number of rotatable bonds is 42. The minimum Gasteiger partial charge on any atom is -0.462 e. The van der Waals surface area contributed by atoms with Crippen molar-refractivity contribution >= 4 is 17.9 Å². The third-order valence-corrected chi connectivity index (χ3v) is 10.7. The normalized spacial score (nSPS) is 12.1. The number of hydrogen-bond donors (Lipinski definition) is 0. The Morgan fingerprint density at radius 3 is 0.907 bits per heavy atom. The quantitative estimate of drug-likeness (QED) is 0.0350. The second-order valence-corrected chi connectivity index (χ2v) is 17.3. The Balaban J connectivity index is 4.19. The van der Waals surface area contributed by atoms with Crippen LogP contribution in [0.25, 0.3) is 0 Å². The Morgan fingerprint density at radius 2 is 0.611 bits per heavy atom. The van der Waals surface area contributed by atoms with Gasteiger partial charge in [-0.15, -0.1) is 0 Å². The molecule has 0 rings (SSSR count). The molecule has 0 unspecified atom stereocenters. The number of carbonyl (C=O) groups is 3. The lowest BCUT2D eigenvalue weighted by molar-refractivity contribution is -0.167. The maximum atomic E-state index is 12.7. The molecular weight excluding hydrogens is 673 g/mol. The Labute approximate surface area is 336 Å². The second-order valence-electron chi connectivity index (χ2n) is 17.3. The molecule has 0 aliphatic rings. The van der Waals surface area contributed by atoms with Crippen LogP contribution in [0.1, 0.15) is 259 Å². The first-order valence-electron chi connectivity index (χ1n) is 23.7. The van der Waals surface area contributed by atoms with E-state index in [2.05, 4.69) is 34.6 Å². The molecule has 0 N–H and O–H groups in total. The summed E-state index contributed by atoms with van der Waals surface area (Å²) in [6.07, 6.45) is 39.6. The molecule has 0 bridgehead atoms. The monoisotopic (exact) mass is 765 g/mol. The van der Waals surface area contributed by atoms with Gasteiger partial charge in [-0.1, -0.05) is 221 Å². The maximum Gasteiger partial charge on any atom is 0.306 e.